The molecule has 1 aromatic carbocycles. The maximum absolute atomic E-state index is 13.0. The fraction of sp³-hybridized carbons (Fsp3) is 0. The maximum Gasteiger partial charge on any atom is 0.137 e. The van der Waals surface area contributed by atoms with E-state index in [-0.39, 0.29) is 5.82 Å². The number of furan rings is 1. The molecule has 0 fully saturated rings. The van der Waals surface area contributed by atoms with E-state index >= 15 is 0 Å². The van der Waals surface area contributed by atoms with Gasteiger partial charge in [0.25, 0.3) is 0 Å². The average molecular weight is 228 g/mol. The van der Waals surface area contributed by atoms with Gasteiger partial charge in [0.2, 0.25) is 0 Å². The predicted molar refractivity (Wildman–Crippen MR) is 63.8 cm³/mol. The van der Waals surface area contributed by atoms with Crippen molar-refractivity contribution in [2.75, 3.05) is 5.73 Å². The number of hydrogen-bond acceptors (Lipinski definition) is 3. The topological polar surface area (TPSA) is 52.0 Å². The first-order valence-corrected chi connectivity index (χ1v) is 5.13. The van der Waals surface area contributed by atoms with Crippen LogP contribution >= 0.6 is 0 Å². The minimum absolute atomic E-state index is 0.311. The largest absolute Gasteiger partial charge is 0.456 e. The standard InChI is InChI=1S/C13H9FN2O/c14-10-3-1-8-5-11(17-12(8)6-10)9-2-4-13(15)16-7-9/h1-7H,(H2,15,16). The number of hydrogen-bond donors (Lipinski definition) is 1. The van der Waals surface area contributed by atoms with Crippen LogP contribution in [0.5, 0.6) is 0 Å². The van der Waals surface area contributed by atoms with Crippen molar-refractivity contribution in [1.29, 1.82) is 0 Å². The van der Waals surface area contributed by atoms with Gasteiger partial charge in [-0.3, -0.25) is 0 Å². The van der Waals surface area contributed by atoms with Gasteiger partial charge in [-0.1, -0.05) is 0 Å². The monoisotopic (exact) mass is 228 g/mol. The summed E-state index contributed by atoms with van der Waals surface area (Å²) in [6.07, 6.45) is 1.63. The van der Waals surface area contributed by atoms with Crippen LogP contribution in [0.15, 0.2) is 47.0 Å². The van der Waals surface area contributed by atoms with Crippen molar-refractivity contribution in [2.24, 2.45) is 0 Å². The van der Waals surface area contributed by atoms with Crippen molar-refractivity contribution >= 4 is 16.8 Å². The zero-order chi connectivity index (χ0) is 11.8. The summed E-state index contributed by atoms with van der Waals surface area (Å²) in [6.45, 7) is 0. The number of rotatable bonds is 1. The Morgan fingerprint density at radius 3 is 2.76 bits per heavy atom. The van der Waals surface area contributed by atoms with Gasteiger partial charge in [-0.05, 0) is 30.3 Å². The van der Waals surface area contributed by atoms with Gasteiger partial charge in [0.15, 0.2) is 0 Å². The quantitative estimate of drug-likeness (QED) is 0.695. The molecule has 0 unspecified atom stereocenters. The van der Waals surface area contributed by atoms with Crippen LogP contribution in [0, 0.1) is 5.82 Å². The van der Waals surface area contributed by atoms with E-state index in [2.05, 4.69) is 4.98 Å². The molecule has 0 aliphatic heterocycles. The van der Waals surface area contributed by atoms with Crippen LogP contribution in [0.2, 0.25) is 0 Å². The van der Waals surface area contributed by atoms with Gasteiger partial charge >= 0.3 is 0 Å². The highest BCUT2D eigenvalue weighted by atomic mass is 19.1. The summed E-state index contributed by atoms with van der Waals surface area (Å²) < 4.78 is 18.6. The normalized spacial score (nSPS) is 10.9. The number of benzene rings is 1. The number of halogens is 1. The maximum atomic E-state index is 13.0. The third-order valence-corrected chi connectivity index (χ3v) is 2.55. The van der Waals surface area contributed by atoms with Crippen LogP contribution in [0.4, 0.5) is 10.2 Å². The third kappa shape index (κ3) is 1.73. The minimum atomic E-state index is -0.311. The summed E-state index contributed by atoms with van der Waals surface area (Å²) in [4.78, 5) is 3.99. The summed E-state index contributed by atoms with van der Waals surface area (Å²) in [5.41, 5.74) is 6.85. The van der Waals surface area contributed by atoms with Crippen LogP contribution in [0.3, 0.4) is 0 Å². The first kappa shape index (κ1) is 9.84. The summed E-state index contributed by atoms with van der Waals surface area (Å²) in [5.74, 6) is 0.794. The molecule has 0 saturated carbocycles. The first-order valence-electron chi connectivity index (χ1n) is 5.13. The molecule has 84 valence electrons. The van der Waals surface area contributed by atoms with Crippen molar-refractivity contribution in [3.63, 3.8) is 0 Å². The van der Waals surface area contributed by atoms with Crippen molar-refractivity contribution in [3.05, 3.63) is 48.4 Å². The molecule has 3 nitrogen and oxygen atoms in total. The molecular formula is C13H9FN2O. The Kier molecular flexibility index (Phi) is 2.08. The number of anilines is 1. The Morgan fingerprint density at radius 1 is 1.12 bits per heavy atom. The molecule has 17 heavy (non-hydrogen) atoms. The molecule has 0 radical (unpaired) electrons. The average Bonchev–Trinajstić information content (AvgIpc) is 2.72. The Labute approximate surface area is 96.7 Å². The second-order valence-corrected chi connectivity index (χ2v) is 3.76. The Balaban J connectivity index is 2.14. The summed E-state index contributed by atoms with van der Waals surface area (Å²) in [7, 11) is 0. The van der Waals surface area contributed by atoms with Gasteiger partial charge < -0.3 is 10.2 Å². The zero-order valence-electron chi connectivity index (χ0n) is 8.85. The van der Waals surface area contributed by atoms with Crippen LogP contribution in [0.1, 0.15) is 0 Å². The smallest absolute Gasteiger partial charge is 0.137 e. The van der Waals surface area contributed by atoms with Gasteiger partial charge in [-0.2, -0.15) is 0 Å². The Bertz CT molecular complexity index is 673. The second kappa shape index (κ2) is 3.59. The molecule has 0 saturated heterocycles. The van der Waals surface area contributed by atoms with Crippen LogP contribution in [-0.4, -0.2) is 4.98 Å². The lowest BCUT2D eigenvalue weighted by atomic mass is 10.2. The van der Waals surface area contributed by atoms with Gasteiger partial charge in [0.05, 0.1) is 0 Å². The lowest BCUT2D eigenvalue weighted by Crippen LogP contribution is -1.87. The summed E-state index contributed by atoms with van der Waals surface area (Å²) >= 11 is 0. The number of aromatic nitrogens is 1. The SMILES string of the molecule is Nc1ccc(-c2cc3ccc(F)cc3o2)cn1. The molecule has 2 N–H and O–H groups in total. The van der Waals surface area contributed by atoms with Crippen molar-refractivity contribution in [2.45, 2.75) is 0 Å². The molecule has 0 spiro atoms. The Morgan fingerprint density at radius 2 is 2.00 bits per heavy atom. The highest BCUT2D eigenvalue weighted by Crippen LogP contribution is 2.27. The Hall–Kier alpha value is -2.36. The predicted octanol–water partition coefficient (Wildman–Crippen LogP) is 3.22. The summed E-state index contributed by atoms with van der Waals surface area (Å²) in [5, 5.41) is 0.859. The fourth-order valence-electron chi connectivity index (χ4n) is 1.70. The van der Waals surface area contributed by atoms with E-state index in [9.17, 15) is 4.39 Å². The molecule has 0 aliphatic carbocycles. The van der Waals surface area contributed by atoms with Crippen LogP contribution in [0.25, 0.3) is 22.3 Å². The van der Waals surface area contributed by atoms with Crippen molar-refractivity contribution in [1.82, 2.24) is 4.98 Å². The second-order valence-electron chi connectivity index (χ2n) is 3.76. The van der Waals surface area contributed by atoms with Gasteiger partial charge in [-0.15, -0.1) is 0 Å². The van der Waals surface area contributed by atoms with E-state index in [0.29, 0.717) is 17.2 Å². The van der Waals surface area contributed by atoms with E-state index in [4.69, 9.17) is 10.2 Å². The van der Waals surface area contributed by atoms with Gasteiger partial charge in [0, 0.05) is 23.2 Å². The molecule has 0 atom stereocenters. The van der Waals surface area contributed by atoms with E-state index in [0.717, 1.165) is 10.9 Å². The number of nitrogen functional groups attached to an aromatic ring is 1. The number of nitrogens with two attached hydrogens (primary N) is 1. The first-order chi connectivity index (χ1) is 8.22. The molecule has 3 rings (SSSR count). The zero-order valence-corrected chi connectivity index (χ0v) is 8.85. The highest BCUT2D eigenvalue weighted by Gasteiger charge is 2.07. The van der Waals surface area contributed by atoms with Gasteiger partial charge in [-0.25, -0.2) is 9.37 Å². The van der Waals surface area contributed by atoms with E-state index in [1.807, 2.05) is 12.1 Å². The number of fused-ring (bicyclic) bond motifs is 1. The highest BCUT2D eigenvalue weighted by molar-refractivity contribution is 5.82. The lowest BCUT2D eigenvalue weighted by molar-refractivity contribution is 0.607. The molecule has 0 amide bonds. The van der Waals surface area contributed by atoms with Crippen LogP contribution < -0.4 is 5.73 Å². The molecule has 2 aromatic heterocycles. The minimum Gasteiger partial charge on any atom is -0.456 e. The third-order valence-electron chi connectivity index (χ3n) is 2.55. The van der Waals surface area contributed by atoms with Crippen LogP contribution in [-0.2, 0) is 0 Å². The summed E-state index contributed by atoms with van der Waals surface area (Å²) in [6, 6.07) is 9.82. The number of nitrogens with zero attached hydrogens (tertiary/aromatic N) is 1. The van der Waals surface area contributed by atoms with Gasteiger partial charge in [0.1, 0.15) is 23.0 Å². The molecule has 0 aliphatic rings. The van der Waals surface area contributed by atoms with E-state index < -0.39 is 0 Å². The fourth-order valence-corrected chi connectivity index (χ4v) is 1.70. The van der Waals surface area contributed by atoms with Crippen molar-refractivity contribution in [3.8, 4) is 11.3 Å². The lowest BCUT2D eigenvalue weighted by Gasteiger charge is -1.95. The molecule has 4 heteroatoms. The van der Waals surface area contributed by atoms with Crippen molar-refractivity contribution < 1.29 is 8.81 Å². The molecular weight excluding hydrogens is 219 g/mol. The van der Waals surface area contributed by atoms with E-state index in [1.165, 1.54) is 12.1 Å². The molecule has 0 bridgehead atoms. The number of pyridine rings is 1. The molecule has 3 aromatic rings. The molecule has 2 heterocycles. The van der Waals surface area contributed by atoms with E-state index in [1.54, 1.807) is 18.3 Å².